The van der Waals surface area contributed by atoms with Gasteiger partial charge in [-0.1, -0.05) is 17.7 Å². The van der Waals surface area contributed by atoms with Crippen molar-refractivity contribution in [2.24, 2.45) is 0 Å². The van der Waals surface area contributed by atoms with Gasteiger partial charge in [0.1, 0.15) is 0 Å². The molecule has 0 aliphatic heterocycles. The van der Waals surface area contributed by atoms with Crippen molar-refractivity contribution < 1.29 is 4.79 Å². The van der Waals surface area contributed by atoms with Crippen LogP contribution in [0.2, 0.25) is 0 Å². The molecule has 0 bridgehead atoms. The van der Waals surface area contributed by atoms with Crippen LogP contribution >= 0.6 is 11.3 Å². The number of carbonyl (C=O) groups is 1. The van der Waals surface area contributed by atoms with Crippen molar-refractivity contribution in [1.29, 1.82) is 0 Å². The first-order valence-corrected chi connectivity index (χ1v) is 6.33. The van der Waals surface area contributed by atoms with Crippen molar-refractivity contribution in [2.75, 3.05) is 5.32 Å². The van der Waals surface area contributed by atoms with Gasteiger partial charge in [0.25, 0.3) is 5.91 Å². The molecular formula is C14H15NOS. The minimum absolute atomic E-state index is 0.0318. The second kappa shape index (κ2) is 4.72. The van der Waals surface area contributed by atoms with Crippen LogP contribution in [-0.2, 0) is 0 Å². The molecule has 1 aromatic carbocycles. The lowest BCUT2D eigenvalue weighted by Gasteiger charge is -2.04. The minimum atomic E-state index is -0.0318. The molecule has 2 rings (SSSR count). The van der Waals surface area contributed by atoms with Gasteiger partial charge in [-0.25, -0.2) is 0 Å². The molecule has 1 N–H and O–H groups in total. The predicted octanol–water partition coefficient (Wildman–Crippen LogP) is 3.93. The first-order chi connectivity index (χ1) is 8.06. The van der Waals surface area contributed by atoms with Crippen LogP contribution in [0.4, 0.5) is 5.69 Å². The molecule has 0 unspecified atom stereocenters. The molecule has 0 spiro atoms. The number of benzene rings is 1. The maximum atomic E-state index is 12.0. The molecule has 3 heteroatoms. The Bertz CT molecular complexity index is 540. The van der Waals surface area contributed by atoms with Crippen molar-refractivity contribution in [2.45, 2.75) is 20.8 Å². The number of anilines is 1. The van der Waals surface area contributed by atoms with Crippen molar-refractivity contribution in [3.05, 3.63) is 51.2 Å². The van der Waals surface area contributed by atoms with E-state index < -0.39 is 0 Å². The van der Waals surface area contributed by atoms with Gasteiger partial charge in [-0.15, -0.1) is 11.3 Å². The van der Waals surface area contributed by atoms with E-state index in [0.717, 1.165) is 21.0 Å². The molecule has 0 aliphatic rings. The van der Waals surface area contributed by atoms with Gasteiger partial charge < -0.3 is 5.32 Å². The molecule has 88 valence electrons. The highest BCUT2D eigenvalue weighted by Crippen LogP contribution is 2.21. The second-order valence-corrected chi connectivity index (χ2v) is 5.61. The number of nitrogens with one attached hydrogen (secondary N) is 1. The number of thiophene rings is 1. The topological polar surface area (TPSA) is 29.1 Å². The van der Waals surface area contributed by atoms with Crippen LogP contribution in [0.1, 0.15) is 25.7 Å². The molecule has 1 aromatic heterocycles. The molecule has 0 saturated heterocycles. The standard InChI is InChI=1S/C14H15NOS/c1-9-4-6-12(7-5-9)15-14(16)13-8-10(2)17-11(13)3/h4-8H,1-3H3,(H,15,16). The monoisotopic (exact) mass is 245 g/mol. The van der Waals surface area contributed by atoms with Crippen molar-refractivity contribution >= 4 is 22.9 Å². The van der Waals surface area contributed by atoms with Gasteiger partial charge in [0.2, 0.25) is 0 Å². The Morgan fingerprint density at radius 3 is 2.29 bits per heavy atom. The molecule has 2 nitrogen and oxygen atoms in total. The maximum Gasteiger partial charge on any atom is 0.256 e. The Morgan fingerprint density at radius 1 is 1.12 bits per heavy atom. The van der Waals surface area contributed by atoms with Gasteiger partial charge in [0.15, 0.2) is 0 Å². The summed E-state index contributed by atoms with van der Waals surface area (Å²) in [4.78, 5) is 14.3. The third kappa shape index (κ3) is 2.74. The fourth-order valence-corrected chi connectivity index (χ4v) is 2.61. The van der Waals surface area contributed by atoms with Crippen LogP contribution in [0.5, 0.6) is 0 Å². The summed E-state index contributed by atoms with van der Waals surface area (Å²) in [6, 6.07) is 9.75. The molecule has 0 saturated carbocycles. The van der Waals surface area contributed by atoms with Crippen LogP contribution < -0.4 is 5.32 Å². The van der Waals surface area contributed by atoms with E-state index >= 15 is 0 Å². The van der Waals surface area contributed by atoms with E-state index in [0.29, 0.717) is 0 Å². The van der Waals surface area contributed by atoms with Gasteiger partial charge >= 0.3 is 0 Å². The first-order valence-electron chi connectivity index (χ1n) is 5.51. The van der Waals surface area contributed by atoms with Crippen LogP contribution in [0.25, 0.3) is 0 Å². The van der Waals surface area contributed by atoms with E-state index in [1.807, 2.05) is 51.1 Å². The van der Waals surface area contributed by atoms with Gasteiger partial charge in [-0.05, 0) is 39.0 Å². The molecule has 17 heavy (non-hydrogen) atoms. The Kier molecular flexibility index (Phi) is 3.29. The first kappa shape index (κ1) is 11.9. The van der Waals surface area contributed by atoms with E-state index in [4.69, 9.17) is 0 Å². The summed E-state index contributed by atoms with van der Waals surface area (Å²) >= 11 is 1.65. The number of amides is 1. The normalized spacial score (nSPS) is 10.3. The summed E-state index contributed by atoms with van der Waals surface area (Å²) in [5, 5.41) is 2.91. The van der Waals surface area contributed by atoms with Crippen molar-refractivity contribution in [3.8, 4) is 0 Å². The lowest BCUT2D eigenvalue weighted by Crippen LogP contribution is -2.11. The summed E-state index contributed by atoms with van der Waals surface area (Å²) in [7, 11) is 0. The summed E-state index contributed by atoms with van der Waals surface area (Å²) in [5.74, 6) is -0.0318. The van der Waals surface area contributed by atoms with Crippen LogP contribution in [0.15, 0.2) is 30.3 Å². The maximum absolute atomic E-state index is 12.0. The van der Waals surface area contributed by atoms with E-state index in [-0.39, 0.29) is 5.91 Å². The number of carbonyl (C=O) groups excluding carboxylic acids is 1. The smallest absolute Gasteiger partial charge is 0.256 e. The molecule has 1 amide bonds. The SMILES string of the molecule is Cc1ccc(NC(=O)c2cc(C)sc2C)cc1. The van der Waals surface area contributed by atoms with Gasteiger partial charge in [-0.2, -0.15) is 0 Å². The quantitative estimate of drug-likeness (QED) is 0.853. The molecule has 0 aliphatic carbocycles. The number of aryl methyl sites for hydroxylation is 3. The molecule has 0 fully saturated rings. The number of hydrogen-bond acceptors (Lipinski definition) is 2. The van der Waals surface area contributed by atoms with E-state index in [9.17, 15) is 4.79 Å². The highest BCUT2D eigenvalue weighted by atomic mass is 32.1. The van der Waals surface area contributed by atoms with E-state index in [1.165, 1.54) is 5.56 Å². The van der Waals surface area contributed by atoms with Crippen LogP contribution in [0.3, 0.4) is 0 Å². The van der Waals surface area contributed by atoms with Gasteiger partial charge in [0, 0.05) is 15.4 Å². The van der Waals surface area contributed by atoms with Gasteiger partial charge in [0.05, 0.1) is 5.56 Å². The fourth-order valence-electron chi connectivity index (χ4n) is 1.69. The third-order valence-electron chi connectivity index (χ3n) is 2.60. The molecule has 1 heterocycles. The Hall–Kier alpha value is -1.61. The highest BCUT2D eigenvalue weighted by Gasteiger charge is 2.11. The summed E-state index contributed by atoms with van der Waals surface area (Å²) < 4.78 is 0. The number of hydrogen-bond donors (Lipinski definition) is 1. The Morgan fingerprint density at radius 2 is 1.76 bits per heavy atom. The zero-order valence-corrected chi connectivity index (χ0v) is 11.0. The largest absolute Gasteiger partial charge is 0.322 e. The zero-order chi connectivity index (χ0) is 12.4. The van der Waals surface area contributed by atoms with E-state index in [1.54, 1.807) is 11.3 Å². The average Bonchev–Trinajstić information content (AvgIpc) is 2.61. The third-order valence-corrected chi connectivity index (χ3v) is 3.56. The van der Waals surface area contributed by atoms with Gasteiger partial charge in [-0.3, -0.25) is 4.79 Å². The minimum Gasteiger partial charge on any atom is -0.322 e. The second-order valence-electron chi connectivity index (χ2n) is 4.15. The molecule has 0 atom stereocenters. The summed E-state index contributed by atoms with van der Waals surface area (Å²) in [6.45, 7) is 6.01. The lowest BCUT2D eigenvalue weighted by molar-refractivity contribution is 0.102. The van der Waals surface area contributed by atoms with Crippen molar-refractivity contribution in [1.82, 2.24) is 0 Å². The Labute approximate surface area is 105 Å². The highest BCUT2D eigenvalue weighted by molar-refractivity contribution is 7.12. The summed E-state index contributed by atoms with van der Waals surface area (Å²) in [6.07, 6.45) is 0. The zero-order valence-electron chi connectivity index (χ0n) is 10.2. The van der Waals surface area contributed by atoms with E-state index in [2.05, 4.69) is 5.32 Å². The molecule has 2 aromatic rings. The lowest BCUT2D eigenvalue weighted by atomic mass is 10.2. The van der Waals surface area contributed by atoms with Crippen LogP contribution in [0, 0.1) is 20.8 Å². The Balaban J connectivity index is 2.17. The predicted molar refractivity (Wildman–Crippen MR) is 72.9 cm³/mol. The van der Waals surface area contributed by atoms with Crippen LogP contribution in [-0.4, -0.2) is 5.91 Å². The summed E-state index contributed by atoms with van der Waals surface area (Å²) in [5.41, 5.74) is 2.79. The molecule has 0 radical (unpaired) electrons. The number of rotatable bonds is 2. The van der Waals surface area contributed by atoms with Crippen molar-refractivity contribution in [3.63, 3.8) is 0 Å². The fraction of sp³-hybridized carbons (Fsp3) is 0.214. The molecular weight excluding hydrogens is 230 g/mol. The average molecular weight is 245 g/mol.